The summed E-state index contributed by atoms with van der Waals surface area (Å²) in [6.07, 6.45) is -1.25. The molecule has 1 aliphatic heterocycles. The first kappa shape index (κ1) is 18.3. The summed E-state index contributed by atoms with van der Waals surface area (Å²) in [5.74, 6) is -2.69. The lowest BCUT2D eigenvalue weighted by molar-refractivity contribution is -0.149. The van der Waals surface area contributed by atoms with Gasteiger partial charge in [-0.15, -0.1) is 0 Å². The third-order valence-corrected chi connectivity index (χ3v) is 4.16. The molecule has 0 spiro atoms. The Kier molecular flexibility index (Phi) is 5.51. The van der Waals surface area contributed by atoms with Gasteiger partial charge in [0.05, 0.1) is 6.42 Å². The first-order valence-corrected chi connectivity index (χ1v) is 7.58. The van der Waals surface area contributed by atoms with E-state index in [1.54, 1.807) is 0 Å². The van der Waals surface area contributed by atoms with E-state index in [0.717, 1.165) is 12.1 Å². The van der Waals surface area contributed by atoms with Crippen molar-refractivity contribution in [1.82, 2.24) is 10.2 Å². The van der Waals surface area contributed by atoms with Crippen molar-refractivity contribution in [1.29, 1.82) is 0 Å². The van der Waals surface area contributed by atoms with Gasteiger partial charge in [0, 0.05) is 26.6 Å². The van der Waals surface area contributed by atoms with Gasteiger partial charge in [-0.25, -0.2) is 8.78 Å². The number of aliphatic hydroxyl groups is 2. The normalized spacial score (nSPS) is 23.9. The van der Waals surface area contributed by atoms with Crippen LogP contribution in [-0.4, -0.2) is 58.3 Å². The molecule has 0 aliphatic carbocycles. The summed E-state index contributed by atoms with van der Waals surface area (Å²) >= 11 is 0. The molecule has 1 aromatic carbocycles. The number of aliphatic hydroxyl groups excluding tert-OH is 1. The fourth-order valence-electron chi connectivity index (χ4n) is 2.61. The van der Waals surface area contributed by atoms with E-state index in [1.165, 1.54) is 17.9 Å². The molecule has 132 valence electrons. The van der Waals surface area contributed by atoms with Gasteiger partial charge < -0.3 is 20.4 Å². The minimum absolute atomic E-state index is 0.0952. The van der Waals surface area contributed by atoms with Crippen molar-refractivity contribution in [2.24, 2.45) is 0 Å². The van der Waals surface area contributed by atoms with E-state index < -0.39 is 23.3 Å². The van der Waals surface area contributed by atoms with Crippen LogP contribution in [0.15, 0.2) is 18.2 Å². The summed E-state index contributed by atoms with van der Waals surface area (Å²) in [6.45, 7) is 1.29. The quantitative estimate of drug-likeness (QED) is 0.717. The smallest absolute Gasteiger partial charge is 0.227 e. The van der Waals surface area contributed by atoms with E-state index in [9.17, 15) is 28.6 Å². The Morgan fingerprint density at radius 1 is 1.38 bits per heavy atom. The highest BCUT2D eigenvalue weighted by molar-refractivity contribution is 5.79. The molecule has 2 atom stereocenters. The minimum atomic E-state index is -1.50. The van der Waals surface area contributed by atoms with Crippen LogP contribution < -0.4 is 5.32 Å². The van der Waals surface area contributed by atoms with Crippen LogP contribution in [0.3, 0.4) is 0 Å². The number of carbonyl (C=O) groups is 2. The Morgan fingerprint density at radius 2 is 2.08 bits per heavy atom. The molecule has 0 bridgehead atoms. The molecule has 1 heterocycles. The Balaban J connectivity index is 1.95. The second-order valence-corrected chi connectivity index (χ2v) is 6.04. The van der Waals surface area contributed by atoms with Gasteiger partial charge in [0.15, 0.2) is 11.6 Å². The maximum Gasteiger partial charge on any atom is 0.227 e. The number of hydrogen-bond donors (Lipinski definition) is 3. The highest BCUT2D eigenvalue weighted by Crippen LogP contribution is 2.23. The lowest BCUT2D eigenvalue weighted by Crippen LogP contribution is -2.61. The summed E-state index contributed by atoms with van der Waals surface area (Å²) in [5, 5.41) is 22.9. The van der Waals surface area contributed by atoms with E-state index >= 15 is 0 Å². The predicted octanol–water partition coefficient (Wildman–Crippen LogP) is -0.0323. The van der Waals surface area contributed by atoms with Crippen molar-refractivity contribution in [3.05, 3.63) is 35.4 Å². The standard InChI is InChI=1S/C16H20F2N2O4/c1-10(21)19-9-16(24)4-5-20(8-14(16)22)15(23)7-11-2-3-12(17)13(18)6-11/h2-3,6,14,22,24H,4-5,7-9H2,1H3,(H,19,21)/t14-,16-/m1/s1. The van der Waals surface area contributed by atoms with Gasteiger partial charge in [-0.3, -0.25) is 9.59 Å². The van der Waals surface area contributed by atoms with Crippen LogP contribution in [0.5, 0.6) is 0 Å². The second kappa shape index (κ2) is 7.23. The number of nitrogens with one attached hydrogen (secondary N) is 1. The Bertz CT molecular complexity index is 641. The molecule has 1 saturated heterocycles. The average molecular weight is 342 g/mol. The van der Waals surface area contributed by atoms with Crippen LogP contribution in [0.25, 0.3) is 0 Å². The van der Waals surface area contributed by atoms with Gasteiger partial charge in [0.2, 0.25) is 11.8 Å². The number of β-amino-alcohol motifs (C(OH)–C–C–N with tert-alkyl or cyclic N) is 1. The molecule has 1 aliphatic rings. The third kappa shape index (κ3) is 4.27. The predicted molar refractivity (Wildman–Crippen MR) is 80.9 cm³/mol. The third-order valence-electron chi connectivity index (χ3n) is 4.16. The van der Waals surface area contributed by atoms with Gasteiger partial charge in [-0.2, -0.15) is 0 Å². The summed E-state index contributed by atoms with van der Waals surface area (Å²) < 4.78 is 26.1. The van der Waals surface area contributed by atoms with Crippen LogP contribution in [0, 0.1) is 11.6 Å². The SMILES string of the molecule is CC(=O)NC[C@]1(O)CCN(C(=O)Cc2ccc(F)c(F)c2)C[C@H]1O. The maximum atomic E-state index is 13.2. The van der Waals surface area contributed by atoms with Crippen molar-refractivity contribution in [2.45, 2.75) is 31.5 Å². The number of hydrogen-bond acceptors (Lipinski definition) is 4. The van der Waals surface area contributed by atoms with Crippen molar-refractivity contribution in [3.8, 4) is 0 Å². The molecular formula is C16H20F2N2O4. The first-order chi connectivity index (χ1) is 11.2. The van der Waals surface area contributed by atoms with Crippen molar-refractivity contribution in [2.75, 3.05) is 19.6 Å². The number of rotatable bonds is 4. The van der Waals surface area contributed by atoms with Crippen LogP contribution in [0.1, 0.15) is 18.9 Å². The fourth-order valence-corrected chi connectivity index (χ4v) is 2.61. The van der Waals surface area contributed by atoms with Gasteiger partial charge >= 0.3 is 0 Å². The molecule has 0 aromatic heterocycles. The van der Waals surface area contributed by atoms with E-state index in [2.05, 4.69) is 5.32 Å². The minimum Gasteiger partial charge on any atom is -0.388 e. The average Bonchev–Trinajstić information content (AvgIpc) is 2.52. The summed E-state index contributed by atoms with van der Waals surface area (Å²) in [4.78, 5) is 24.5. The van der Waals surface area contributed by atoms with Gasteiger partial charge in [0.25, 0.3) is 0 Å². The van der Waals surface area contributed by atoms with E-state index in [0.29, 0.717) is 5.56 Å². The molecule has 8 heteroatoms. The van der Waals surface area contributed by atoms with Crippen molar-refractivity contribution >= 4 is 11.8 Å². The van der Waals surface area contributed by atoms with Crippen LogP contribution in [-0.2, 0) is 16.0 Å². The van der Waals surface area contributed by atoms with E-state index in [1.807, 2.05) is 0 Å². The second-order valence-electron chi connectivity index (χ2n) is 6.04. The van der Waals surface area contributed by atoms with Crippen molar-refractivity contribution in [3.63, 3.8) is 0 Å². The molecule has 2 amide bonds. The fraction of sp³-hybridized carbons (Fsp3) is 0.500. The molecule has 0 saturated carbocycles. The highest BCUT2D eigenvalue weighted by Gasteiger charge is 2.41. The molecule has 1 aromatic rings. The van der Waals surface area contributed by atoms with Crippen molar-refractivity contribution < 1.29 is 28.6 Å². The first-order valence-electron chi connectivity index (χ1n) is 7.58. The van der Waals surface area contributed by atoms with Gasteiger partial charge in [-0.05, 0) is 24.1 Å². The number of carbonyl (C=O) groups excluding carboxylic acids is 2. The van der Waals surface area contributed by atoms with Gasteiger partial charge in [0.1, 0.15) is 11.7 Å². The topological polar surface area (TPSA) is 89.9 Å². The Hall–Kier alpha value is -2.06. The molecule has 24 heavy (non-hydrogen) atoms. The number of piperidine rings is 1. The Labute approximate surface area is 138 Å². The lowest BCUT2D eigenvalue weighted by Gasteiger charge is -2.42. The number of nitrogens with zero attached hydrogens (tertiary/aromatic N) is 1. The molecule has 0 unspecified atom stereocenters. The maximum absolute atomic E-state index is 13.2. The van der Waals surface area contributed by atoms with Crippen LogP contribution in [0.4, 0.5) is 8.78 Å². The summed E-state index contributed by atoms with van der Waals surface area (Å²) in [6, 6.07) is 3.24. The summed E-state index contributed by atoms with van der Waals surface area (Å²) in [5.41, 5.74) is -1.17. The monoisotopic (exact) mass is 342 g/mol. The van der Waals surface area contributed by atoms with E-state index in [4.69, 9.17) is 0 Å². The number of likely N-dealkylation sites (tertiary alicyclic amines) is 1. The molecule has 3 N–H and O–H groups in total. The summed E-state index contributed by atoms with van der Waals surface area (Å²) in [7, 11) is 0. The largest absolute Gasteiger partial charge is 0.388 e. The zero-order valence-electron chi connectivity index (χ0n) is 13.3. The van der Waals surface area contributed by atoms with E-state index in [-0.39, 0.29) is 44.3 Å². The van der Waals surface area contributed by atoms with Crippen LogP contribution in [0.2, 0.25) is 0 Å². The molecule has 2 rings (SSSR count). The van der Waals surface area contributed by atoms with Crippen LogP contribution >= 0.6 is 0 Å². The zero-order chi connectivity index (χ0) is 17.9. The number of halogens is 2. The lowest BCUT2D eigenvalue weighted by atomic mass is 9.88. The molecule has 0 radical (unpaired) electrons. The number of benzene rings is 1. The van der Waals surface area contributed by atoms with Gasteiger partial charge in [-0.1, -0.05) is 6.07 Å². The molecule has 6 nitrogen and oxygen atoms in total. The molecular weight excluding hydrogens is 322 g/mol. The Morgan fingerprint density at radius 3 is 2.67 bits per heavy atom. The number of amides is 2. The highest BCUT2D eigenvalue weighted by atomic mass is 19.2. The zero-order valence-corrected chi connectivity index (χ0v) is 13.3. The molecule has 1 fully saturated rings.